The molecular formula is C51H53N3O3. The van der Waals surface area contributed by atoms with Gasteiger partial charge in [-0.25, -0.2) is 4.79 Å². The first-order valence-corrected chi connectivity index (χ1v) is 20.5. The Morgan fingerprint density at radius 1 is 0.737 bits per heavy atom. The number of ether oxygens (including phenoxy) is 2. The number of hydrogen-bond donors (Lipinski definition) is 0. The summed E-state index contributed by atoms with van der Waals surface area (Å²) in [6.45, 7) is 21.0. The van der Waals surface area contributed by atoms with E-state index in [4.69, 9.17) is 9.47 Å². The molecular weight excluding hydrogens is 703 g/mol. The first-order chi connectivity index (χ1) is 27.8. The first kappa shape index (κ1) is 37.9. The highest BCUT2D eigenvalue weighted by Gasteiger charge is 2.51. The fourth-order valence-electron chi connectivity index (χ4n) is 9.65. The summed E-state index contributed by atoms with van der Waals surface area (Å²) < 4.78 is 18.8. The fraction of sp³-hybridized carbons (Fsp3) is 0.275. The number of aromatic nitrogens is 2. The number of fused-ring (bicyclic) bond motifs is 3. The molecule has 0 fully saturated rings. The van der Waals surface area contributed by atoms with Crippen molar-refractivity contribution in [1.29, 1.82) is 0 Å². The van der Waals surface area contributed by atoms with Crippen molar-refractivity contribution in [3.8, 4) is 5.75 Å². The number of aryl methyl sites for hydroxylation is 2. The quantitative estimate of drug-likeness (QED) is 0.104. The first-order valence-electron chi connectivity index (χ1n) is 20.5. The molecule has 5 aromatic carbocycles. The lowest BCUT2D eigenvalue weighted by molar-refractivity contribution is 0.00448. The average molecular weight is 756 g/mol. The molecule has 8 rings (SSSR count). The Kier molecular flexibility index (Phi) is 10.3. The van der Waals surface area contributed by atoms with Gasteiger partial charge in [-0.3, -0.25) is 0 Å². The summed E-state index contributed by atoms with van der Waals surface area (Å²) in [6.07, 6.45) is 2.32. The van der Waals surface area contributed by atoms with Gasteiger partial charge in [0.2, 0.25) is 0 Å². The standard InChI is InChI=1S/C51H53N3O3/c1-8-36-25-27-37(28-26-36)33-56-47-31-38(52(9-2)10-3)29-30-44(47)51(43-22-16-13-19-39(43)50(55)57-51)32-42(48-34(6)53(11-4)45-23-17-14-20-40(45)48)49-35(7)54(12-5)46-24-18-15-21-41(46)49/h8,13-31,42H,1,9-12,32-33H2,2-7H3. The van der Waals surface area contributed by atoms with Crippen LogP contribution in [-0.2, 0) is 30.0 Å². The van der Waals surface area contributed by atoms with E-state index in [1.165, 1.54) is 44.3 Å². The third kappa shape index (κ3) is 6.32. The minimum atomic E-state index is -1.17. The van der Waals surface area contributed by atoms with Crippen molar-refractivity contribution < 1.29 is 14.3 Å². The van der Waals surface area contributed by atoms with E-state index in [1.54, 1.807) is 0 Å². The molecule has 0 saturated carbocycles. The van der Waals surface area contributed by atoms with E-state index < -0.39 is 5.60 Å². The Labute approximate surface area is 337 Å². The lowest BCUT2D eigenvalue weighted by Crippen LogP contribution is -2.32. The van der Waals surface area contributed by atoms with Gasteiger partial charge >= 0.3 is 5.97 Å². The van der Waals surface area contributed by atoms with Gasteiger partial charge in [-0.1, -0.05) is 91.5 Å². The van der Waals surface area contributed by atoms with E-state index in [2.05, 4.69) is 159 Å². The molecule has 0 N–H and O–H groups in total. The molecule has 7 aromatic rings. The molecule has 57 heavy (non-hydrogen) atoms. The number of carbonyl (C=O) groups excluding carboxylic acids is 1. The number of rotatable bonds is 14. The molecule has 0 radical (unpaired) electrons. The molecule has 0 saturated heterocycles. The topological polar surface area (TPSA) is 48.6 Å². The number of para-hydroxylation sites is 2. The van der Waals surface area contributed by atoms with Crippen LogP contribution in [0.3, 0.4) is 0 Å². The van der Waals surface area contributed by atoms with Gasteiger partial charge in [-0.2, -0.15) is 0 Å². The second-order valence-electron chi connectivity index (χ2n) is 15.1. The number of anilines is 1. The molecule has 0 aliphatic carbocycles. The summed E-state index contributed by atoms with van der Waals surface area (Å²) in [5, 5.41) is 2.44. The SMILES string of the molecule is C=Cc1ccc(COc2cc(N(CC)CC)ccc2C2(CC(c3c(C)n(CC)c4ccccc34)c3c(C)n(CC)c4ccccc34)OC(=O)c3ccccc32)cc1. The maximum absolute atomic E-state index is 14.3. The maximum atomic E-state index is 14.3. The van der Waals surface area contributed by atoms with Crippen molar-refractivity contribution >= 4 is 39.5 Å². The van der Waals surface area contributed by atoms with E-state index in [0.29, 0.717) is 24.3 Å². The van der Waals surface area contributed by atoms with Gasteiger partial charge in [0.05, 0.1) is 5.56 Å². The number of benzene rings is 5. The highest BCUT2D eigenvalue weighted by molar-refractivity contribution is 5.96. The molecule has 290 valence electrons. The van der Waals surface area contributed by atoms with Crippen molar-refractivity contribution in [1.82, 2.24) is 9.13 Å². The maximum Gasteiger partial charge on any atom is 0.339 e. The van der Waals surface area contributed by atoms with Crippen LogP contribution in [-0.4, -0.2) is 28.2 Å². The smallest absolute Gasteiger partial charge is 0.339 e. The van der Waals surface area contributed by atoms with Crippen LogP contribution in [0.4, 0.5) is 5.69 Å². The minimum Gasteiger partial charge on any atom is -0.488 e. The molecule has 0 spiro atoms. The fourth-order valence-corrected chi connectivity index (χ4v) is 9.65. The Hall–Kier alpha value is -6.01. The largest absolute Gasteiger partial charge is 0.488 e. The van der Waals surface area contributed by atoms with Crippen LogP contribution in [0.1, 0.15) is 95.2 Å². The van der Waals surface area contributed by atoms with Crippen molar-refractivity contribution in [2.24, 2.45) is 0 Å². The molecule has 1 aliphatic rings. The number of hydrogen-bond acceptors (Lipinski definition) is 4. The summed E-state index contributed by atoms with van der Waals surface area (Å²) in [7, 11) is 0. The number of nitrogens with zero attached hydrogens (tertiary/aromatic N) is 3. The summed E-state index contributed by atoms with van der Waals surface area (Å²) in [5.74, 6) is 0.223. The van der Waals surface area contributed by atoms with Crippen LogP contribution in [0.15, 0.2) is 122 Å². The van der Waals surface area contributed by atoms with Gasteiger partial charge in [0.15, 0.2) is 5.60 Å². The Morgan fingerprint density at radius 3 is 1.89 bits per heavy atom. The van der Waals surface area contributed by atoms with E-state index in [0.717, 1.165) is 54.1 Å². The normalized spacial score (nSPS) is 15.0. The Bertz CT molecular complexity index is 2520. The predicted octanol–water partition coefficient (Wildman–Crippen LogP) is 12.0. The molecule has 1 unspecified atom stereocenters. The van der Waals surface area contributed by atoms with E-state index in [-0.39, 0.29) is 11.9 Å². The van der Waals surface area contributed by atoms with Gasteiger partial charge in [-0.15, -0.1) is 0 Å². The van der Waals surface area contributed by atoms with Crippen LogP contribution in [0.5, 0.6) is 5.75 Å². The van der Waals surface area contributed by atoms with E-state index in [1.807, 2.05) is 24.3 Å². The molecule has 6 nitrogen and oxygen atoms in total. The number of cyclic esters (lactones) is 1. The Morgan fingerprint density at radius 2 is 1.32 bits per heavy atom. The van der Waals surface area contributed by atoms with Crippen molar-refractivity contribution in [3.05, 3.63) is 172 Å². The summed E-state index contributed by atoms with van der Waals surface area (Å²) in [5.41, 5.74) is 11.7. The molecule has 0 amide bonds. The third-order valence-electron chi connectivity index (χ3n) is 12.4. The van der Waals surface area contributed by atoms with Crippen LogP contribution >= 0.6 is 0 Å². The summed E-state index contributed by atoms with van der Waals surface area (Å²) >= 11 is 0. The van der Waals surface area contributed by atoms with Crippen molar-refractivity contribution in [3.63, 3.8) is 0 Å². The molecule has 6 heteroatoms. The lowest BCUT2D eigenvalue weighted by atomic mass is 9.73. The highest BCUT2D eigenvalue weighted by Crippen LogP contribution is 2.55. The molecule has 2 aromatic heterocycles. The third-order valence-corrected chi connectivity index (χ3v) is 12.4. The van der Waals surface area contributed by atoms with Gasteiger partial charge < -0.3 is 23.5 Å². The molecule has 1 atom stereocenters. The predicted molar refractivity (Wildman–Crippen MR) is 235 cm³/mol. The van der Waals surface area contributed by atoms with Gasteiger partial charge in [0.25, 0.3) is 0 Å². The zero-order valence-corrected chi connectivity index (χ0v) is 34.1. The summed E-state index contributed by atoms with van der Waals surface area (Å²) in [4.78, 5) is 16.6. The van der Waals surface area contributed by atoms with Crippen molar-refractivity contribution in [2.45, 2.75) is 79.2 Å². The molecule has 3 heterocycles. The second-order valence-corrected chi connectivity index (χ2v) is 15.1. The zero-order valence-electron chi connectivity index (χ0n) is 34.1. The van der Waals surface area contributed by atoms with Crippen LogP contribution < -0.4 is 9.64 Å². The molecule has 0 bridgehead atoms. The summed E-state index contributed by atoms with van der Waals surface area (Å²) in [6, 6.07) is 40.2. The number of esters is 1. The Balaban J connectivity index is 1.41. The second kappa shape index (κ2) is 15.5. The van der Waals surface area contributed by atoms with E-state index in [9.17, 15) is 4.79 Å². The zero-order chi connectivity index (χ0) is 39.8. The average Bonchev–Trinajstić information content (AvgIpc) is 3.82. The van der Waals surface area contributed by atoms with Crippen LogP contribution in [0.25, 0.3) is 27.9 Å². The number of carbonyl (C=O) groups is 1. The highest BCUT2D eigenvalue weighted by atomic mass is 16.6. The lowest BCUT2D eigenvalue weighted by Gasteiger charge is -2.36. The van der Waals surface area contributed by atoms with Gasteiger partial charge in [0, 0.05) is 94.6 Å². The molecule has 1 aliphatic heterocycles. The van der Waals surface area contributed by atoms with E-state index >= 15 is 0 Å². The monoisotopic (exact) mass is 755 g/mol. The minimum absolute atomic E-state index is 0.166. The van der Waals surface area contributed by atoms with Gasteiger partial charge in [0.1, 0.15) is 12.4 Å². The van der Waals surface area contributed by atoms with Crippen LogP contribution in [0.2, 0.25) is 0 Å². The van der Waals surface area contributed by atoms with Crippen LogP contribution in [0, 0.1) is 13.8 Å². The van der Waals surface area contributed by atoms with Gasteiger partial charge in [-0.05, 0) is 94.1 Å². The van der Waals surface area contributed by atoms with Crippen molar-refractivity contribution in [2.75, 3.05) is 18.0 Å².